The number of aromatic carboxylic acids is 1. The van der Waals surface area contributed by atoms with Gasteiger partial charge in [-0.3, -0.25) is 4.99 Å². The summed E-state index contributed by atoms with van der Waals surface area (Å²) >= 11 is 0. The Morgan fingerprint density at radius 1 is 1.50 bits per heavy atom. The van der Waals surface area contributed by atoms with Crippen LogP contribution < -0.4 is 0 Å². The van der Waals surface area contributed by atoms with Gasteiger partial charge in [0.25, 0.3) is 0 Å². The van der Waals surface area contributed by atoms with E-state index in [1.807, 2.05) is 0 Å². The molecule has 14 heavy (non-hydrogen) atoms. The summed E-state index contributed by atoms with van der Waals surface area (Å²) in [5, 5.41) is 8.85. The van der Waals surface area contributed by atoms with Gasteiger partial charge in [0.05, 0.1) is 12.1 Å². The van der Waals surface area contributed by atoms with E-state index < -0.39 is 5.97 Å². The van der Waals surface area contributed by atoms with E-state index in [0.29, 0.717) is 17.7 Å². The molecule has 3 heteroatoms. The van der Waals surface area contributed by atoms with Crippen LogP contribution in [0.5, 0.6) is 0 Å². The molecule has 0 unspecified atom stereocenters. The van der Waals surface area contributed by atoms with Gasteiger partial charge in [-0.15, -0.1) is 0 Å². The first kappa shape index (κ1) is 10.2. The van der Waals surface area contributed by atoms with Gasteiger partial charge in [-0.25, -0.2) is 4.79 Å². The van der Waals surface area contributed by atoms with E-state index in [0.717, 1.165) is 0 Å². The zero-order valence-electron chi connectivity index (χ0n) is 7.68. The maximum atomic E-state index is 10.8. The molecule has 1 aromatic rings. The minimum atomic E-state index is -0.922. The Morgan fingerprint density at radius 3 is 2.86 bits per heavy atom. The molecule has 0 aliphatic carbocycles. The second-order valence-electron chi connectivity index (χ2n) is 2.69. The van der Waals surface area contributed by atoms with Crippen LogP contribution in [0.2, 0.25) is 0 Å². The van der Waals surface area contributed by atoms with Gasteiger partial charge >= 0.3 is 5.97 Å². The summed E-state index contributed by atoms with van der Waals surface area (Å²) in [6, 6.07) is 6.82. The SMILES string of the molecule is C=CC=NCc1ccccc1C(=O)O. The zero-order valence-corrected chi connectivity index (χ0v) is 7.68. The number of hydrogen-bond donors (Lipinski definition) is 1. The monoisotopic (exact) mass is 189 g/mol. The fourth-order valence-corrected chi connectivity index (χ4v) is 1.09. The number of rotatable bonds is 4. The highest BCUT2D eigenvalue weighted by Gasteiger charge is 2.06. The quantitative estimate of drug-likeness (QED) is 0.737. The van der Waals surface area contributed by atoms with E-state index >= 15 is 0 Å². The van der Waals surface area contributed by atoms with E-state index in [4.69, 9.17) is 5.11 Å². The first-order valence-corrected chi connectivity index (χ1v) is 4.17. The fourth-order valence-electron chi connectivity index (χ4n) is 1.09. The van der Waals surface area contributed by atoms with Crippen molar-refractivity contribution in [1.29, 1.82) is 0 Å². The van der Waals surface area contributed by atoms with Crippen LogP contribution in [-0.2, 0) is 6.54 Å². The number of carboxylic acids is 1. The van der Waals surface area contributed by atoms with E-state index in [9.17, 15) is 4.79 Å². The van der Waals surface area contributed by atoms with Crippen LogP contribution >= 0.6 is 0 Å². The highest BCUT2D eigenvalue weighted by atomic mass is 16.4. The lowest BCUT2D eigenvalue weighted by molar-refractivity contribution is 0.0695. The molecule has 0 radical (unpaired) electrons. The second-order valence-corrected chi connectivity index (χ2v) is 2.69. The minimum Gasteiger partial charge on any atom is -0.478 e. The molecule has 0 fully saturated rings. The average Bonchev–Trinajstić information content (AvgIpc) is 2.19. The lowest BCUT2D eigenvalue weighted by Gasteiger charge is -2.01. The van der Waals surface area contributed by atoms with Crippen molar-refractivity contribution < 1.29 is 9.90 Å². The summed E-state index contributed by atoms with van der Waals surface area (Å²) in [5.74, 6) is -0.922. The van der Waals surface area contributed by atoms with Gasteiger partial charge in [0.15, 0.2) is 0 Å². The maximum Gasteiger partial charge on any atom is 0.336 e. The van der Waals surface area contributed by atoms with Crippen molar-refractivity contribution in [2.24, 2.45) is 4.99 Å². The molecule has 0 saturated heterocycles. The molecule has 0 aliphatic rings. The molecule has 72 valence electrons. The number of allylic oxidation sites excluding steroid dienone is 1. The molecule has 0 saturated carbocycles. The summed E-state index contributed by atoms with van der Waals surface area (Å²) < 4.78 is 0. The van der Waals surface area contributed by atoms with Crippen LogP contribution in [0.3, 0.4) is 0 Å². The van der Waals surface area contributed by atoms with Gasteiger partial charge in [0.2, 0.25) is 0 Å². The van der Waals surface area contributed by atoms with Gasteiger partial charge in [0.1, 0.15) is 0 Å². The van der Waals surface area contributed by atoms with Crippen LogP contribution in [-0.4, -0.2) is 17.3 Å². The van der Waals surface area contributed by atoms with E-state index in [-0.39, 0.29) is 0 Å². The standard InChI is InChI=1S/C11H11NO2/c1-2-7-12-8-9-5-3-4-6-10(9)11(13)14/h2-7H,1,8H2,(H,13,14). The smallest absolute Gasteiger partial charge is 0.336 e. The molecule has 0 atom stereocenters. The van der Waals surface area contributed by atoms with E-state index in [1.54, 1.807) is 36.6 Å². The molecule has 0 heterocycles. The zero-order chi connectivity index (χ0) is 10.4. The lowest BCUT2D eigenvalue weighted by atomic mass is 10.1. The number of aliphatic imine (C=N–C) groups is 1. The van der Waals surface area contributed by atoms with E-state index in [1.165, 1.54) is 0 Å². The number of carboxylic acid groups (broad SMARTS) is 1. The summed E-state index contributed by atoms with van der Waals surface area (Å²) in [7, 11) is 0. The molecular weight excluding hydrogens is 178 g/mol. The maximum absolute atomic E-state index is 10.8. The van der Waals surface area contributed by atoms with Gasteiger partial charge in [0, 0.05) is 6.21 Å². The van der Waals surface area contributed by atoms with Crippen molar-refractivity contribution >= 4 is 12.2 Å². The van der Waals surface area contributed by atoms with Crippen molar-refractivity contribution in [1.82, 2.24) is 0 Å². The highest BCUT2D eigenvalue weighted by molar-refractivity contribution is 5.89. The summed E-state index contributed by atoms with van der Waals surface area (Å²) in [4.78, 5) is 14.8. The van der Waals surface area contributed by atoms with Crippen LogP contribution in [0.15, 0.2) is 41.9 Å². The first-order valence-electron chi connectivity index (χ1n) is 4.17. The first-order chi connectivity index (χ1) is 6.75. The van der Waals surface area contributed by atoms with Crippen LogP contribution in [0.1, 0.15) is 15.9 Å². The van der Waals surface area contributed by atoms with Gasteiger partial charge in [-0.05, 0) is 11.6 Å². The Hall–Kier alpha value is -1.90. The topological polar surface area (TPSA) is 49.7 Å². The third kappa shape index (κ3) is 2.55. The molecular formula is C11H11NO2. The van der Waals surface area contributed by atoms with Gasteiger partial charge in [-0.2, -0.15) is 0 Å². The molecule has 0 spiro atoms. The van der Waals surface area contributed by atoms with Crippen molar-refractivity contribution in [3.05, 3.63) is 48.0 Å². The largest absolute Gasteiger partial charge is 0.478 e. The van der Waals surface area contributed by atoms with Crippen molar-refractivity contribution in [2.45, 2.75) is 6.54 Å². The molecule has 0 bridgehead atoms. The van der Waals surface area contributed by atoms with E-state index in [2.05, 4.69) is 11.6 Å². The number of carbonyl (C=O) groups is 1. The molecule has 1 N–H and O–H groups in total. The summed E-state index contributed by atoms with van der Waals surface area (Å²) in [5.41, 5.74) is 1.01. The predicted molar refractivity (Wildman–Crippen MR) is 55.8 cm³/mol. The van der Waals surface area contributed by atoms with Crippen molar-refractivity contribution in [2.75, 3.05) is 0 Å². The second kappa shape index (κ2) is 4.97. The Bertz CT molecular complexity index is 369. The number of benzene rings is 1. The Morgan fingerprint density at radius 2 is 2.21 bits per heavy atom. The Kier molecular flexibility index (Phi) is 3.61. The molecule has 0 aliphatic heterocycles. The molecule has 0 amide bonds. The van der Waals surface area contributed by atoms with Crippen LogP contribution in [0, 0.1) is 0 Å². The van der Waals surface area contributed by atoms with Crippen molar-refractivity contribution in [3.8, 4) is 0 Å². The normalized spacial score (nSPS) is 10.3. The minimum absolute atomic E-state index is 0.300. The fraction of sp³-hybridized carbons (Fsp3) is 0.0909. The van der Waals surface area contributed by atoms with Crippen LogP contribution in [0.25, 0.3) is 0 Å². The van der Waals surface area contributed by atoms with Gasteiger partial charge < -0.3 is 5.11 Å². The summed E-state index contributed by atoms with van der Waals surface area (Å²) in [6.07, 6.45) is 3.11. The highest BCUT2D eigenvalue weighted by Crippen LogP contribution is 2.09. The average molecular weight is 189 g/mol. The molecule has 1 aromatic carbocycles. The molecule has 3 nitrogen and oxygen atoms in total. The Labute approximate surface area is 82.4 Å². The van der Waals surface area contributed by atoms with Gasteiger partial charge in [-0.1, -0.05) is 30.9 Å². The number of nitrogens with zero attached hydrogens (tertiary/aromatic N) is 1. The molecule has 1 rings (SSSR count). The van der Waals surface area contributed by atoms with Crippen molar-refractivity contribution in [3.63, 3.8) is 0 Å². The predicted octanol–water partition coefficient (Wildman–Crippen LogP) is 2.14. The lowest BCUT2D eigenvalue weighted by Crippen LogP contribution is -2.01. The number of hydrogen-bond acceptors (Lipinski definition) is 2. The van der Waals surface area contributed by atoms with Crippen LogP contribution in [0.4, 0.5) is 0 Å². The Balaban J connectivity index is 2.89. The third-order valence-corrected chi connectivity index (χ3v) is 1.72. The summed E-state index contributed by atoms with van der Waals surface area (Å²) in [6.45, 7) is 3.85. The molecule has 0 aromatic heterocycles. The third-order valence-electron chi connectivity index (χ3n) is 1.72.